The highest BCUT2D eigenvalue weighted by Gasteiger charge is 2.26. The van der Waals surface area contributed by atoms with E-state index in [9.17, 15) is 14.9 Å². The minimum Gasteiger partial charge on any atom is -0.450 e. The molecule has 0 aliphatic heterocycles. The second kappa shape index (κ2) is 10.2. The van der Waals surface area contributed by atoms with E-state index in [-0.39, 0.29) is 13.0 Å². The van der Waals surface area contributed by atoms with Crippen LogP contribution in [0.25, 0.3) is 10.8 Å². The SMILES string of the molecule is CCCCOC(=O)NC(Cc1ccc2ccccc2c1)C(=O)N(C#N)CC. The molecule has 0 fully saturated rings. The van der Waals surface area contributed by atoms with Crippen LogP contribution in [0.1, 0.15) is 32.3 Å². The van der Waals surface area contributed by atoms with E-state index in [1.807, 2.05) is 55.6 Å². The highest BCUT2D eigenvalue weighted by Crippen LogP contribution is 2.17. The van der Waals surface area contributed by atoms with E-state index >= 15 is 0 Å². The summed E-state index contributed by atoms with van der Waals surface area (Å²) in [4.78, 5) is 25.8. The third-order valence-corrected chi connectivity index (χ3v) is 4.28. The number of fused-ring (bicyclic) bond motifs is 1. The van der Waals surface area contributed by atoms with Gasteiger partial charge in [-0.05, 0) is 29.7 Å². The lowest BCUT2D eigenvalue weighted by Crippen LogP contribution is -2.48. The predicted octanol–water partition coefficient (Wildman–Crippen LogP) is 3.61. The molecule has 1 unspecified atom stereocenters. The van der Waals surface area contributed by atoms with Gasteiger partial charge in [-0.3, -0.25) is 4.79 Å². The van der Waals surface area contributed by atoms with Gasteiger partial charge in [-0.1, -0.05) is 55.8 Å². The second-order valence-corrected chi connectivity index (χ2v) is 6.25. The van der Waals surface area contributed by atoms with Crippen LogP contribution in [0.15, 0.2) is 42.5 Å². The van der Waals surface area contributed by atoms with E-state index in [2.05, 4.69) is 5.32 Å². The van der Waals surface area contributed by atoms with E-state index in [0.717, 1.165) is 34.1 Å². The van der Waals surface area contributed by atoms with Gasteiger partial charge in [0, 0.05) is 13.0 Å². The Labute approximate surface area is 159 Å². The van der Waals surface area contributed by atoms with E-state index in [0.29, 0.717) is 6.61 Å². The Balaban J connectivity index is 2.18. The molecule has 2 aromatic rings. The highest BCUT2D eigenvalue weighted by molar-refractivity contribution is 5.87. The standard InChI is InChI=1S/C21H25N3O3/c1-3-5-12-27-21(26)23-19(20(25)24(4-2)15-22)14-16-10-11-17-8-6-7-9-18(17)13-16/h6-11,13,19H,3-5,12,14H2,1-2H3,(H,23,26). The van der Waals surface area contributed by atoms with Crippen molar-refractivity contribution < 1.29 is 14.3 Å². The Bertz CT molecular complexity index is 829. The summed E-state index contributed by atoms with van der Waals surface area (Å²) in [6, 6.07) is 13.0. The number of alkyl carbamates (subject to hydrolysis) is 1. The maximum absolute atomic E-state index is 12.7. The van der Waals surface area contributed by atoms with E-state index < -0.39 is 18.0 Å². The lowest BCUT2D eigenvalue weighted by Gasteiger charge is -2.21. The number of benzene rings is 2. The minimum atomic E-state index is -0.861. The van der Waals surface area contributed by atoms with Gasteiger partial charge in [0.25, 0.3) is 5.91 Å². The summed E-state index contributed by atoms with van der Waals surface area (Å²) in [6.45, 7) is 4.26. The molecule has 0 aliphatic carbocycles. The van der Waals surface area contributed by atoms with Gasteiger partial charge in [0.15, 0.2) is 6.19 Å². The molecule has 142 valence electrons. The average molecular weight is 367 g/mol. The Hall–Kier alpha value is -3.07. The van der Waals surface area contributed by atoms with Crippen molar-refractivity contribution in [3.63, 3.8) is 0 Å². The summed E-state index contributed by atoms with van der Waals surface area (Å²) < 4.78 is 5.11. The fourth-order valence-corrected chi connectivity index (χ4v) is 2.76. The number of carbonyl (C=O) groups excluding carboxylic acids is 2. The Morgan fingerprint density at radius 2 is 1.93 bits per heavy atom. The van der Waals surface area contributed by atoms with Crippen molar-refractivity contribution in [2.45, 2.75) is 39.2 Å². The molecule has 27 heavy (non-hydrogen) atoms. The van der Waals surface area contributed by atoms with E-state index in [1.54, 1.807) is 6.92 Å². The number of carbonyl (C=O) groups is 2. The van der Waals surface area contributed by atoms with Gasteiger partial charge < -0.3 is 10.1 Å². The first-order valence-electron chi connectivity index (χ1n) is 9.21. The molecule has 0 bridgehead atoms. The maximum Gasteiger partial charge on any atom is 0.407 e. The van der Waals surface area contributed by atoms with Crippen LogP contribution < -0.4 is 5.32 Å². The molecular formula is C21H25N3O3. The third-order valence-electron chi connectivity index (χ3n) is 4.28. The predicted molar refractivity (Wildman–Crippen MR) is 104 cm³/mol. The van der Waals surface area contributed by atoms with Crippen LogP contribution in [0.5, 0.6) is 0 Å². The van der Waals surface area contributed by atoms with Crippen LogP contribution >= 0.6 is 0 Å². The molecule has 0 radical (unpaired) electrons. The summed E-state index contributed by atoms with van der Waals surface area (Å²) in [5.41, 5.74) is 0.898. The molecule has 0 spiro atoms. The number of amides is 2. The number of rotatable bonds is 8. The first-order valence-corrected chi connectivity index (χ1v) is 9.21. The zero-order chi connectivity index (χ0) is 19.6. The van der Waals surface area contributed by atoms with Crippen LogP contribution in [-0.2, 0) is 16.0 Å². The number of hydrogen-bond acceptors (Lipinski definition) is 4. The highest BCUT2D eigenvalue weighted by atomic mass is 16.5. The van der Waals surface area contributed by atoms with Crippen LogP contribution in [0, 0.1) is 11.5 Å². The number of hydrogen-bond donors (Lipinski definition) is 1. The average Bonchev–Trinajstić information content (AvgIpc) is 2.68. The topological polar surface area (TPSA) is 82.4 Å². The van der Waals surface area contributed by atoms with Crippen molar-refractivity contribution in [3.8, 4) is 6.19 Å². The zero-order valence-electron chi connectivity index (χ0n) is 15.8. The van der Waals surface area contributed by atoms with Crippen LogP contribution in [-0.4, -0.2) is 36.1 Å². The molecule has 1 N–H and O–H groups in total. The number of nitrogens with one attached hydrogen (secondary N) is 1. The van der Waals surface area contributed by atoms with Gasteiger partial charge in [0.2, 0.25) is 0 Å². The Morgan fingerprint density at radius 3 is 2.59 bits per heavy atom. The summed E-state index contributed by atoms with van der Waals surface area (Å²) in [6.07, 6.45) is 3.17. The van der Waals surface area contributed by atoms with Crippen molar-refractivity contribution >= 4 is 22.8 Å². The first kappa shape index (κ1) is 20.2. The molecule has 1 atom stereocenters. The normalized spacial score (nSPS) is 11.4. The summed E-state index contributed by atoms with van der Waals surface area (Å²) in [7, 11) is 0. The summed E-state index contributed by atoms with van der Waals surface area (Å²) in [5.74, 6) is -0.444. The van der Waals surface area contributed by atoms with Crippen molar-refractivity contribution in [2.75, 3.05) is 13.2 Å². The fourth-order valence-electron chi connectivity index (χ4n) is 2.76. The molecule has 0 saturated heterocycles. The minimum absolute atomic E-state index is 0.246. The largest absolute Gasteiger partial charge is 0.450 e. The summed E-state index contributed by atoms with van der Waals surface area (Å²) in [5, 5.41) is 13.9. The smallest absolute Gasteiger partial charge is 0.407 e. The first-order chi connectivity index (χ1) is 13.1. The molecule has 0 aromatic heterocycles. The van der Waals surface area contributed by atoms with Crippen molar-refractivity contribution in [3.05, 3.63) is 48.0 Å². The number of likely N-dealkylation sites (N-methyl/N-ethyl adjacent to an activating group) is 1. The van der Waals surface area contributed by atoms with Crippen molar-refractivity contribution in [1.82, 2.24) is 10.2 Å². The summed E-state index contributed by atoms with van der Waals surface area (Å²) >= 11 is 0. The quantitative estimate of drug-likeness (QED) is 0.439. The van der Waals surface area contributed by atoms with Crippen molar-refractivity contribution in [2.24, 2.45) is 0 Å². The molecular weight excluding hydrogens is 342 g/mol. The van der Waals surface area contributed by atoms with Crippen molar-refractivity contribution in [1.29, 1.82) is 5.26 Å². The molecule has 0 heterocycles. The molecule has 0 aliphatic rings. The number of nitriles is 1. The van der Waals surface area contributed by atoms with E-state index in [4.69, 9.17) is 4.74 Å². The van der Waals surface area contributed by atoms with E-state index in [1.165, 1.54) is 0 Å². The maximum atomic E-state index is 12.7. The van der Waals surface area contributed by atoms with Gasteiger partial charge in [-0.2, -0.15) is 5.26 Å². The molecule has 2 aromatic carbocycles. The van der Waals surface area contributed by atoms with Gasteiger partial charge in [0.05, 0.1) is 6.61 Å². The van der Waals surface area contributed by atoms with Gasteiger partial charge in [0.1, 0.15) is 6.04 Å². The van der Waals surface area contributed by atoms with Gasteiger partial charge in [-0.15, -0.1) is 0 Å². The van der Waals surface area contributed by atoms with Crippen LogP contribution in [0.4, 0.5) is 4.79 Å². The molecule has 2 rings (SSSR count). The number of unbranched alkanes of at least 4 members (excludes halogenated alkanes) is 1. The lowest BCUT2D eigenvalue weighted by molar-refractivity contribution is -0.130. The number of ether oxygens (including phenoxy) is 1. The number of nitrogens with zero attached hydrogens (tertiary/aromatic N) is 2. The van der Waals surface area contributed by atoms with Crippen LogP contribution in [0.3, 0.4) is 0 Å². The monoisotopic (exact) mass is 367 g/mol. The Morgan fingerprint density at radius 1 is 1.19 bits per heavy atom. The third kappa shape index (κ3) is 5.71. The fraction of sp³-hybridized carbons (Fsp3) is 0.381. The molecule has 6 heteroatoms. The zero-order valence-corrected chi connectivity index (χ0v) is 15.8. The molecule has 6 nitrogen and oxygen atoms in total. The lowest BCUT2D eigenvalue weighted by atomic mass is 10.0. The van der Waals surface area contributed by atoms with Crippen LogP contribution in [0.2, 0.25) is 0 Å². The molecule has 0 saturated carbocycles. The molecule has 2 amide bonds. The van der Waals surface area contributed by atoms with Gasteiger partial charge >= 0.3 is 6.09 Å². The Kier molecular flexibility index (Phi) is 7.63. The second-order valence-electron chi connectivity index (χ2n) is 6.25. The van der Waals surface area contributed by atoms with Gasteiger partial charge in [-0.25, -0.2) is 9.69 Å².